The minimum atomic E-state index is -0.289. The number of carbonyl (C=O) groups excluding carboxylic acids is 1. The minimum absolute atomic E-state index is 0.289. The van der Waals surface area contributed by atoms with Gasteiger partial charge in [-0.1, -0.05) is 23.2 Å². The van der Waals surface area contributed by atoms with Gasteiger partial charge in [0.15, 0.2) is 0 Å². The van der Waals surface area contributed by atoms with Crippen LogP contribution in [0.4, 0.5) is 5.69 Å². The maximum absolute atomic E-state index is 12.7. The molecule has 7 heteroatoms. The third kappa shape index (κ3) is 4.33. The summed E-state index contributed by atoms with van der Waals surface area (Å²) in [5.41, 5.74) is 2.34. The zero-order chi connectivity index (χ0) is 19.6. The van der Waals surface area contributed by atoms with Gasteiger partial charge in [0.05, 0.1) is 34.1 Å². The Bertz CT molecular complexity index is 989. The monoisotopic (exact) mass is 403 g/mol. The van der Waals surface area contributed by atoms with Gasteiger partial charge in [0.2, 0.25) is 0 Å². The first kappa shape index (κ1) is 19.4. The number of nitrogens with one attached hydrogen (secondary N) is 1. The Morgan fingerprint density at radius 3 is 2.44 bits per heavy atom. The van der Waals surface area contributed by atoms with Crippen LogP contribution >= 0.6 is 23.2 Å². The van der Waals surface area contributed by atoms with Crippen LogP contribution in [-0.4, -0.2) is 37.0 Å². The number of halogens is 2. The Hall–Kier alpha value is -2.34. The van der Waals surface area contributed by atoms with E-state index < -0.39 is 0 Å². The van der Waals surface area contributed by atoms with E-state index in [1.165, 1.54) is 0 Å². The number of methoxy groups -OCH3 is 1. The molecule has 0 aliphatic rings. The van der Waals surface area contributed by atoms with Gasteiger partial charge in [-0.25, -0.2) is 4.98 Å². The number of benzene rings is 2. The number of nitrogens with zero attached hydrogens (tertiary/aromatic N) is 2. The highest BCUT2D eigenvalue weighted by atomic mass is 35.5. The second kappa shape index (κ2) is 8.13. The highest BCUT2D eigenvalue weighted by Gasteiger charge is 2.16. The molecule has 0 aliphatic heterocycles. The van der Waals surface area contributed by atoms with Gasteiger partial charge < -0.3 is 15.0 Å². The number of carbonyl (C=O) groups is 1. The van der Waals surface area contributed by atoms with Gasteiger partial charge in [-0.2, -0.15) is 0 Å². The van der Waals surface area contributed by atoms with Gasteiger partial charge in [0.25, 0.3) is 5.91 Å². The lowest BCUT2D eigenvalue weighted by Crippen LogP contribution is -2.14. The molecular weight excluding hydrogens is 385 g/mol. The zero-order valence-electron chi connectivity index (χ0n) is 15.2. The number of hydrogen-bond acceptors (Lipinski definition) is 4. The van der Waals surface area contributed by atoms with Crippen molar-refractivity contribution in [2.24, 2.45) is 0 Å². The van der Waals surface area contributed by atoms with Gasteiger partial charge in [0.1, 0.15) is 5.75 Å². The summed E-state index contributed by atoms with van der Waals surface area (Å²) in [6.07, 6.45) is 0. The number of hydrogen-bond donors (Lipinski definition) is 1. The fraction of sp³-hybridized carbons (Fsp3) is 0.200. The summed E-state index contributed by atoms with van der Waals surface area (Å²) in [6.45, 7) is 0.659. The molecule has 0 spiro atoms. The predicted octanol–water partition coefficient (Wildman–Crippen LogP) is 4.86. The summed E-state index contributed by atoms with van der Waals surface area (Å²) in [5.74, 6) is 0.388. The second-order valence-electron chi connectivity index (χ2n) is 6.33. The van der Waals surface area contributed by atoms with Gasteiger partial charge in [0, 0.05) is 17.5 Å². The molecule has 0 fully saturated rings. The zero-order valence-corrected chi connectivity index (χ0v) is 16.7. The fourth-order valence-corrected chi connectivity index (χ4v) is 3.28. The third-order valence-electron chi connectivity index (χ3n) is 4.01. The van der Waals surface area contributed by atoms with Crippen LogP contribution in [0, 0.1) is 0 Å². The number of fused-ring (bicyclic) bond motifs is 1. The van der Waals surface area contributed by atoms with Crippen molar-refractivity contribution in [1.29, 1.82) is 0 Å². The van der Waals surface area contributed by atoms with E-state index in [0.29, 0.717) is 39.1 Å². The molecule has 0 saturated heterocycles. The molecule has 0 unspecified atom stereocenters. The summed E-state index contributed by atoms with van der Waals surface area (Å²) in [6, 6.07) is 12.2. The van der Waals surface area contributed by atoms with E-state index in [1.807, 2.05) is 31.1 Å². The molecule has 0 bridgehead atoms. The minimum Gasteiger partial charge on any atom is -0.497 e. The maximum Gasteiger partial charge on any atom is 0.255 e. The number of ether oxygens (including phenoxy) is 1. The van der Waals surface area contributed by atoms with Crippen molar-refractivity contribution in [1.82, 2.24) is 9.88 Å². The number of anilines is 1. The van der Waals surface area contributed by atoms with Crippen molar-refractivity contribution in [2.45, 2.75) is 6.54 Å². The van der Waals surface area contributed by atoms with E-state index in [9.17, 15) is 4.79 Å². The van der Waals surface area contributed by atoms with Gasteiger partial charge in [-0.3, -0.25) is 4.79 Å². The first-order valence-electron chi connectivity index (χ1n) is 8.27. The van der Waals surface area contributed by atoms with Crippen LogP contribution in [0.5, 0.6) is 5.75 Å². The Morgan fingerprint density at radius 1 is 1.11 bits per heavy atom. The van der Waals surface area contributed by atoms with Crippen molar-refractivity contribution in [3.05, 3.63) is 63.8 Å². The van der Waals surface area contributed by atoms with Crippen LogP contribution in [0.1, 0.15) is 16.1 Å². The molecule has 1 heterocycles. The maximum atomic E-state index is 12.7. The molecular formula is C20H19Cl2N3O2. The van der Waals surface area contributed by atoms with Crippen LogP contribution in [0.25, 0.3) is 10.9 Å². The molecule has 0 saturated carbocycles. The molecule has 0 radical (unpaired) electrons. The van der Waals surface area contributed by atoms with Crippen LogP contribution in [0.3, 0.4) is 0 Å². The molecule has 0 atom stereocenters. The Balaban J connectivity index is 2.02. The van der Waals surface area contributed by atoms with Crippen molar-refractivity contribution >= 4 is 45.7 Å². The lowest BCUT2D eigenvalue weighted by molar-refractivity contribution is 0.102. The topological polar surface area (TPSA) is 54.5 Å². The summed E-state index contributed by atoms with van der Waals surface area (Å²) >= 11 is 12.7. The third-order valence-corrected chi connectivity index (χ3v) is 4.62. The highest BCUT2D eigenvalue weighted by molar-refractivity contribution is 6.41. The van der Waals surface area contributed by atoms with E-state index in [4.69, 9.17) is 27.9 Å². The van der Waals surface area contributed by atoms with Gasteiger partial charge in [-0.15, -0.1) is 0 Å². The molecule has 1 amide bonds. The first-order chi connectivity index (χ1) is 12.9. The van der Waals surface area contributed by atoms with Gasteiger partial charge >= 0.3 is 0 Å². The predicted molar refractivity (Wildman–Crippen MR) is 110 cm³/mol. The van der Waals surface area contributed by atoms with Crippen molar-refractivity contribution in [3.8, 4) is 5.75 Å². The molecule has 3 aromatic rings. The molecule has 1 N–H and O–H groups in total. The number of pyridine rings is 1. The number of aromatic nitrogens is 1. The molecule has 27 heavy (non-hydrogen) atoms. The summed E-state index contributed by atoms with van der Waals surface area (Å²) < 4.78 is 5.12. The first-order valence-corrected chi connectivity index (χ1v) is 9.02. The normalized spacial score (nSPS) is 11.0. The van der Waals surface area contributed by atoms with Crippen molar-refractivity contribution in [3.63, 3.8) is 0 Å². The molecule has 0 aliphatic carbocycles. The average Bonchev–Trinajstić information content (AvgIpc) is 2.64. The lowest BCUT2D eigenvalue weighted by Gasteiger charge is -2.14. The molecule has 140 valence electrons. The lowest BCUT2D eigenvalue weighted by atomic mass is 10.1. The number of rotatable bonds is 5. The van der Waals surface area contributed by atoms with Crippen LogP contribution < -0.4 is 10.1 Å². The smallest absolute Gasteiger partial charge is 0.255 e. The molecule has 2 aromatic carbocycles. The van der Waals surface area contributed by atoms with Gasteiger partial charge in [-0.05, 0) is 56.6 Å². The average molecular weight is 404 g/mol. The van der Waals surface area contributed by atoms with Crippen molar-refractivity contribution < 1.29 is 9.53 Å². The summed E-state index contributed by atoms with van der Waals surface area (Å²) in [4.78, 5) is 19.4. The molecule has 5 nitrogen and oxygen atoms in total. The Morgan fingerprint density at radius 2 is 1.81 bits per heavy atom. The molecule has 3 rings (SSSR count). The largest absolute Gasteiger partial charge is 0.497 e. The van der Waals surface area contributed by atoms with Crippen LogP contribution in [-0.2, 0) is 6.54 Å². The highest BCUT2D eigenvalue weighted by Crippen LogP contribution is 2.36. The number of amides is 1. The van der Waals surface area contributed by atoms with E-state index in [1.54, 1.807) is 37.4 Å². The summed E-state index contributed by atoms with van der Waals surface area (Å²) in [5, 5.41) is 4.42. The SMILES string of the molecule is COc1ccc(C(=O)Nc2c(Cl)cc(Cl)c3ccc(CN(C)C)nc23)cc1. The Kier molecular flexibility index (Phi) is 5.85. The van der Waals surface area contributed by atoms with Crippen LogP contribution in [0.2, 0.25) is 10.0 Å². The summed E-state index contributed by atoms with van der Waals surface area (Å²) in [7, 11) is 5.50. The van der Waals surface area contributed by atoms with E-state index in [0.717, 1.165) is 11.1 Å². The Labute approximate surface area is 167 Å². The fourth-order valence-electron chi connectivity index (χ4n) is 2.72. The quantitative estimate of drug-likeness (QED) is 0.660. The second-order valence-corrected chi connectivity index (χ2v) is 7.15. The van der Waals surface area contributed by atoms with E-state index in [2.05, 4.69) is 10.3 Å². The van der Waals surface area contributed by atoms with Crippen molar-refractivity contribution in [2.75, 3.05) is 26.5 Å². The van der Waals surface area contributed by atoms with E-state index in [-0.39, 0.29) is 5.91 Å². The standard InChI is InChI=1S/C20H19Cl2N3O2/c1-25(2)11-13-6-9-15-16(21)10-17(22)19(18(15)23-13)24-20(26)12-4-7-14(27-3)8-5-12/h4-10H,11H2,1-3H3,(H,24,26). The van der Waals surface area contributed by atoms with E-state index >= 15 is 0 Å². The molecule has 1 aromatic heterocycles. The van der Waals surface area contributed by atoms with Crippen LogP contribution in [0.15, 0.2) is 42.5 Å².